The number of benzene rings is 2. The monoisotopic (exact) mass is 348 g/mol. The molecular formula is C20H16N2O4. The third-order valence-electron chi connectivity index (χ3n) is 3.89. The first-order valence-corrected chi connectivity index (χ1v) is 8.11. The summed E-state index contributed by atoms with van der Waals surface area (Å²) in [5.74, 6) is 0.986. The maximum Gasteiger partial charge on any atom is 0.331 e. The molecule has 0 bridgehead atoms. The van der Waals surface area contributed by atoms with Crippen LogP contribution in [0.4, 0.5) is 0 Å². The number of rotatable bonds is 5. The Bertz CT molecular complexity index is 931. The predicted molar refractivity (Wildman–Crippen MR) is 95.0 cm³/mol. The number of esters is 1. The van der Waals surface area contributed by atoms with E-state index in [-0.39, 0.29) is 13.4 Å². The van der Waals surface area contributed by atoms with Gasteiger partial charge in [-0.05, 0) is 47.5 Å². The van der Waals surface area contributed by atoms with E-state index in [1.807, 2.05) is 54.7 Å². The molecule has 0 saturated heterocycles. The van der Waals surface area contributed by atoms with Gasteiger partial charge in [0.15, 0.2) is 11.5 Å². The summed E-state index contributed by atoms with van der Waals surface area (Å²) in [6.07, 6.45) is 6.68. The van der Waals surface area contributed by atoms with Crippen molar-refractivity contribution in [2.75, 3.05) is 6.79 Å². The molecule has 0 spiro atoms. The minimum absolute atomic E-state index is 0.212. The maximum atomic E-state index is 11.9. The van der Waals surface area contributed by atoms with E-state index in [1.54, 1.807) is 17.0 Å². The fourth-order valence-electron chi connectivity index (χ4n) is 2.55. The fraction of sp³-hybridized carbons (Fsp3) is 0.100. The summed E-state index contributed by atoms with van der Waals surface area (Å²) in [5, 5.41) is 4.17. The van der Waals surface area contributed by atoms with Gasteiger partial charge < -0.3 is 14.2 Å². The van der Waals surface area contributed by atoms with E-state index in [0.717, 1.165) is 16.8 Å². The summed E-state index contributed by atoms with van der Waals surface area (Å²) in [4.78, 5) is 11.9. The van der Waals surface area contributed by atoms with Gasteiger partial charge in [-0.1, -0.05) is 18.2 Å². The van der Waals surface area contributed by atoms with Gasteiger partial charge in [-0.25, -0.2) is 9.48 Å². The summed E-state index contributed by atoms with van der Waals surface area (Å²) in [5.41, 5.74) is 2.70. The van der Waals surface area contributed by atoms with E-state index in [4.69, 9.17) is 14.2 Å². The number of hydrogen-bond donors (Lipinski definition) is 0. The largest absolute Gasteiger partial charge is 0.458 e. The van der Waals surface area contributed by atoms with E-state index >= 15 is 0 Å². The van der Waals surface area contributed by atoms with Gasteiger partial charge in [0, 0.05) is 18.5 Å². The smallest absolute Gasteiger partial charge is 0.331 e. The molecule has 6 nitrogen and oxygen atoms in total. The van der Waals surface area contributed by atoms with Crippen LogP contribution in [0.2, 0.25) is 0 Å². The van der Waals surface area contributed by atoms with Crippen molar-refractivity contribution in [1.82, 2.24) is 9.78 Å². The van der Waals surface area contributed by atoms with Crippen LogP contribution in [-0.2, 0) is 16.1 Å². The molecule has 0 fully saturated rings. The van der Waals surface area contributed by atoms with E-state index in [1.165, 1.54) is 6.08 Å². The molecule has 2 aromatic carbocycles. The highest BCUT2D eigenvalue weighted by molar-refractivity contribution is 5.87. The van der Waals surface area contributed by atoms with E-state index < -0.39 is 5.97 Å². The topological polar surface area (TPSA) is 62.6 Å². The first-order chi connectivity index (χ1) is 12.8. The Morgan fingerprint density at radius 1 is 1.15 bits per heavy atom. The third kappa shape index (κ3) is 3.59. The van der Waals surface area contributed by atoms with Crippen molar-refractivity contribution in [2.24, 2.45) is 0 Å². The average Bonchev–Trinajstić information content (AvgIpc) is 3.36. The second-order valence-electron chi connectivity index (χ2n) is 5.67. The Balaban J connectivity index is 1.32. The molecule has 3 aromatic rings. The zero-order valence-electron chi connectivity index (χ0n) is 13.9. The van der Waals surface area contributed by atoms with E-state index in [2.05, 4.69) is 5.10 Å². The molecule has 4 rings (SSSR count). The number of ether oxygens (including phenoxy) is 3. The SMILES string of the molecule is O=C(/C=C/c1ccc2c(c1)OCO2)OCc1ccc(-n2cccn2)cc1. The van der Waals surface area contributed by atoms with Crippen LogP contribution in [0.25, 0.3) is 11.8 Å². The minimum atomic E-state index is -0.404. The number of hydrogen-bond acceptors (Lipinski definition) is 5. The van der Waals surface area contributed by atoms with Crippen molar-refractivity contribution in [3.63, 3.8) is 0 Å². The van der Waals surface area contributed by atoms with Gasteiger partial charge >= 0.3 is 5.97 Å². The second-order valence-corrected chi connectivity index (χ2v) is 5.67. The highest BCUT2D eigenvalue weighted by atomic mass is 16.7. The lowest BCUT2D eigenvalue weighted by Gasteiger charge is -2.05. The number of carbonyl (C=O) groups is 1. The normalized spacial score (nSPS) is 12.5. The van der Waals surface area contributed by atoms with Gasteiger partial charge in [-0.3, -0.25) is 0 Å². The first kappa shape index (κ1) is 16.0. The lowest BCUT2D eigenvalue weighted by Crippen LogP contribution is -2.01. The van der Waals surface area contributed by atoms with Crippen molar-refractivity contribution in [3.8, 4) is 17.2 Å². The number of nitrogens with zero attached hydrogens (tertiary/aromatic N) is 2. The predicted octanol–water partition coefficient (Wildman–Crippen LogP) is 3.36. The first-order valence-electron chi connectivity index (χ1n) is 8.11. The standard InChI is InChI=1S/C20H16N2O4/c23-20(9-5-15-4-8-18-19(12-15)26-14-25-18)24-13-16-2-6-17(7-3-16)22-11-1-10-21-22/h1-12H,13-14H2/b9-5+. The van der Waals surface area contributed by atoms with Crippen molar-refractivity contribution < 1.29 is 19.0 Å². The molecule has 0 amide bonds. The Morgan fingerprint density at radius 2 is 2.00 bits per heavy atom. The van der Waals surface area contributed by atoms with Crippen molar-refractivity contribution in [1.29, 1.82) is 0 Å². The Morgan fingerprint density at radius 3 is 2.81 bits per heavy atom. The van der Waals surface area contributed by atoms with Crippen LogP contribution in [0.5, 0.6) is 11.5 Å². The molecule has 0 atom stereocenters. The fourth-order valence-corrected chi connectivity index (χ4v) is 2.55. The summed E-state index contributed by atoms with van der Waals surface area (Å²) >= 11 is 0. The summed E-state index contributed by atoms with van der Waals surface area (Å²) in [6, 6.07) is 15.0. The number of aromatic nitrogens is 2. The maximum absolute atomic E-state index is 11.9. The quantitative estimate of drug-likeness (QED) is 0.523. The van der Waals surface area contributed by atoms with Crippen LogP contribution in [0.3, 0.4) is 0 Å². The summed E-state index contributed by atoms with van der Waals surface area (Å²) < 4.78 is 17.6. The highest BCUT2D eigenvalue weighted by Crippen LogP contribution is 2.32. The molecule has 1 aromatic heterocycles. The molecule has 0 radical (unpaired) electrons. The lowest BCUT2D eigenvalue weighted by molar-refractivity contribution is -0.138. The molecule has 0 aliphatic carbocycles. The van der Waals surface area contributed by atoms with Crippen molar-refractivity contribution in [2.45, 2.75) is 6.61 Å². The van der Waals surface area contributed by atoms with Gasteiger partial charge in [0.05, 0.1) is 5.69 Å². The Hall–Kier alpha value is -3.54. The molecule has 2 heterocycles. The van der Waals surface area contributed by atoms with Crippen LogP contribution < -0.4 is 9.47 Å². The highest BCUT2D eigenvalue weighted by Gasteiger charge is 2.12. The lowest BCUT2D eigenvalue weighted by atomic mass is 10.2. The Kier molecular flexibility index (Phi) is 4.38. The average molecular weight is 348 g/mol. The van der Waals surface area contributed by atoms with Crippen molar-refractivity contribution in [3.05, 3.63) is 78.1 Å². The molecule has 0 unspecified atom stereocenters. The molecule has 130 valence electrons. The second kappa shape index (κ2) is 7.14. The minimum Gasteiger partial charge on any atom is -0.458 e. The molecule has 1 aliphatic rings. The zero-order chi connectivity index (χ0) is 17.8. The molecule has 0 N–H and O–H groups in total. The van der Waals surface area contributed by atoms with E-state index in [0.29, 0.717) is 11.5 Å². The van der Waals surface area contributed by atoms with Gasteiger partial charge in [0.2, 0.25) is 6.79 Å². The van der Waals surface area contributed by atoms with Crippen LogP contribution in [0.15, 0.2) is 67.0 Å². The van der Waals surface area contributed by atoms with Gasteiger partial charge in [-0.2, -0.15) is 5.10 Å². The number of fused-ring (bicyclic) bond motifs is 1. The molecule has 6 heteroatoms. The van der Waals surface area contributed by atoms with Crippen LogP contribution in [0.1, 0.15) is 11.1 Å². The Labute approximate surface area is 150 Å². The molecule has 1 aliphatic heterocycles. The molecular weight excluding hydrogens is 332 g/mol. The van der Waals surface area contributed by atoms with Crippen molar-refractivity contribution >= 4 is 12.0 Å². The van der Waals surface area contributed by atoms with Crippen LogP contribution in [-0.4, -0.2) is 22.5 Å². The third-order valence-corrected chi connectivity index (χ3v) is 3.89. The summed E-state index contributed by atoms with van der Waals surface area (Å²) in [6.45, 7) is 0.438. The van der Waals surface area contributed by atoms with Crippen LogP contribution in [0, 0.1) is 0 Å². The number of carbonyl (C=O) groups excluding carboxylic acids is 1. The van der Waals surface area contributed by atoms with E-state index in [9.17, 15) is 4.79 Å². The summed E-state index contributed by atoms with van der Waals surface area (Å²) in [7, 11) is 0. The van der Waals surface area contributed by atoms with Gasteiger partial charge in [0.1, 0.15) is 6.61 Å². The van der Waals surface area contributed by atoms with Gasteiger partial charge in [0.25, 0.3) is 0 Å². The van der Waals surface area contributed by atoms with Gasteiger partial charge in [-0.15, -0.1) is 0 Å². The van der Waals surface area contributed by atoms with Crippen LogP contribution >= 0.6 is 0 Å². The zero-order valence-corrected chi connectivity index (χ0v) is 13.9. The molecule has 26 heavy (non-hydrogen) atoms. The molecule has 0 saturated carbocycles.